The van der Waals surface area contributed by atoms with E-state index in [1.54, 1.807) is 0 Å². The molecule has 0 rings (SSSR count). The Balaban J connectivity index is 3.07. The van der Waals surface area contributed by atoms with Gasteiger partial charge in [-0.3, -0.25) is 0 Å². The van der Waals surface area contributed by atoms with Crippen molar-refractivity contribution in [2.45, 2.75) is 33.1 Å². The van der Waals surface area contributed by atoms with Crippen LogP contribution < -0.4 is 0 Å². The third-order valence-corrected chi connectivity index (χ3v) is 1.47. The molecular weight excluding hydrogens is 100 g/mol. The van der Waals surface area contributed by atoms with Crippen LogP contribution in [0.15, 0.2) is 0 Å². The van der Waals surface area contributed by atoms with Crippen LogP contribution in [0.3, 0.4) is 0 Å². The van der Waals surface area contributed by atoms with E-state index in [0.29, 0.717) is 6.61 Å². The van der Waals surface area contributed by atoms with Crippen LogP contribution in [-0.4, -0.2) is 11.7 Å². The second kappa shape index (κ2) is 4.98. The fourth-order valence-corrected chi connectivity index (χ4v) is 0.762. The average molecular weight is 115 g/mol. The van der Waals surface area contributed by atoms with E-state index in [1.807, 2.05) is 0 Å². The summed E-state index contributed by atoms with van der Waals surface area (Å²) in [6.07, 6.45) is 3.14. The molecule has 0 aromatic rings. The Morgan fingerprint density at radius 3 is 1.88 bits per heavy atom. The molecule has 8 heavy (non-hydrogen) atoms. The Hall–Kier alpha value is -0.170. The van der Waals surface area contributed by atoms with Gasteiger partial charge in [-0.15, -0.1) is 0 Å². The maximum Gasteiger partial charge on any atom is 0.113 e. The molecule has 0 aliphatic rings. The van der Waals surface area contributed by atoms with Crippen molar-refractivity contribution in [1.82, 2.24) is 0 Å². The molecule has 0 aliphatic carbocycles. The standard InChI is InChI=1S/C7H15O/c1-3-7(4-2)5-6-8/h8H,3-6H2,1-2H3/q+1. The maximum absolute atomic E-state index is 8.48. The Kier molecular flexibility index (Phi) is 4.87. The third-order valence-electron chi connectivity index (χ3n) is 1.47. The lowest BCUT2D eigenvalue weighted by Gasteiger charge is -1.96. The van der Waals surface area contributed by atoms with Crippen LogP contribution in [0.2, 0.25) is 0 Å². The first-order valence-electron chi connectivity index (χ1n) is 3.29. The van der Waals surface area contributed by atoms with E-state index < -0.39 is 0 Å². The van der Waals surface area contributed by atoms with Gasteiger partial charge in [-0.1, -0.05) is 0 Å². The van der Waals surface area contributed by atoms with Crippen LogP contribution >= 0.6 is 0 Å². The largest absolute Gasteiger partial charge is 0.392 e. The Bertz CT molecular complexity index is 39.7. The highest BCUT2D eigenvalue weighted by atomic mass is 16.3. The minimum atomic E-state index is 0.316. The monoisotopic (exact) mass is 115 g/mol. The third kappa shape index (κ3) is 2.92. The lowest BCUT2D eigenvalue weighted by Crippen LogP contribution is -1.96. The van der Waals surface area contributed by atoms with Crippen LogP contribution in [-0.2, 0) is 0 Å². The summed E-state index contributed by atoms with van der Waals surface area (Å²) in [5, 5.41) is 8.48. The smallest absolute Gasteiger partial charge is 0.113 e. The highest BCUT2D eigenvalue weighted by Crippen LogP contribution is 2.13. The molecule has 0 aromatic carbocycles. The molecule has 0 aromatic heterocycles. The minimum Gasteiger partial charge on any atom is -0.392 e. The van der Waals surface area contributed by atoms with Crippen molar-refractivity contribution in [3.63, 3.8) is 0 Å². The first-order chi connectivity index (χ1) is 3.85. The van der Waals surface area contributed by atoms with Gasteiger partial charge in [0.2, 0.25) is 0 Å². The van der Waals surface area contributed by atoms with E-state index in [0.717, 1.165) is 19.3 Å². The molecule has 0 aliphatic heterocycles. The van der Waals surface area contributed by atoms with Gasteiger partial charge in [0, 0.05) is 0 Å². The Labute approximate surface area is 51.7 Å². The number of rotatable bonds is 4. The summed E-state index contributed by atoms with van der Waals surface area (Å²) >= 11 is 0. The van der Waals surface area contributed by atoms with Gasteiger partial charge in [-0.2, -0.15) is 0 Å². The summed E-state index contributed by atoms with van der Waals surface area (Å²) in [5.74, 6) is 1.47. The molecular formula is C7H15O+. The van der Waals surface area contributed by atoms with Crippen molar-refractivity contribution in [1.29, 1.82) is 0 Å². The predicted molar refractivity (Wildman–Crippen MR) is 35.5 cm³/mol. The first-order valence-corrected chi connectivity index (χ1v) is 3.29. The number of hydrogen-bond acceptors (Lipinski definition) is 1. The van der Waals surface area contributed by atoms with E-state index in [1.165, 1.54) is 5.92 Å². The molecule has 0 amide bonds. The molecule has 0 fully saturated rings. The van der Waals surface area contributed by atoms with Crippen LogP contribution in [0.25, 0.3) is 0 Å². The molecule has 1 nitrogen and oxygen atoms in total. The normalized spacial score (nSPS) is 9.38. The van der Waals surface area contributed by atoms with E-state index >= 15 is 0 Å². The van der Waals surface area contributed by atoms with E-state index in [9.17, 15) is 0 Å². The molecule has 1 heteroatoms. The molecule has 0 spiro atoms. The molecule has 0 atom stereocenters. The van der Waals surface area contributed by atoms with Crippen molar-refractivity contribution >= 4 is 0 Å². The summed E-state index contributed by atoms with van der Waals surface area (Å²) in [7, 11) is 0. The zero-order valence-electron chi connectivity index (χ0n) is 5.78. The second-order valence-electron chi connectivity index (χ2n) is 1.93. The Morgan fingerprint density at radius 1 is 1.25 bits per heavy atom. The molecule has 48 valence electrons. The first kappa shape index (κ1) is 7.83. The Morgan fingerprint density at radius 2 is 1.75 bits per heavy atom. The summed E-state index contributed by atoms with van der Waals surface area (Å²) < 4.78 is 0. The summed E-state index contributed by atoms with van der Waals surface area (Å²) in [4.78, 5) is 0. The van der Waals surface area contributed by atoms with E-state index in [4.69, 9.17) is 5.11 Å². The average Bonchev–Trinajstić information content (AvgIpc) is 1.83. The summed E-state index contributed by atoms with van der Waals surface area (Å²) in [6, 6.07) is 0. The van der Waals surface area contributed by atoms with Crippen LogP contribution in [0.1, 0.15) is 33.1 Å². The summed E-state index contributed by atoms with van der Waals surface area (Å²) in [6.45, 7) is 4.58. The van der Waals surface area contributed by atoms with Crippen LogP contribution in [0.5, 0.6) is 0 Å². The molecule has 0 unspecified atom stereocenters. The van der Waals surface area contributed by atoms with Gasteiger partial charge in [0.15, 0.2) is 0 Å². The fourth-order valence-electron chi connectivity index (χ4n) is 0.762. The maximum atomic E-state index is 8.48. The molecule has 0 radical (unpaired) electrons. The van der Waals surface area contributed by atoms with E-state index in [-0.39, 0.29) is 0 Å². The SMILES string of the molecule is CC[C+](CC)CCO. The number of hydrogen-bond donors (Lipinski definition) is 1. The van der Waals surface area contributed by atoms with Crippen molar-refractivity contribution in [2.75, 3.05) is 6.61 Å². The highest BCUT2D eigenvalue weighted by Gasteiger charge is 2.11. The molecule has 0 bridgehead atoms. The van der Waals surface area contributed by atoms with Gasteiger partial charge < -0.3 is 5.11 Å². The van der Waals surface area contributed by atoms with Crippen LogP contribution in [0.4, 0.5) is 0 Å². The van der Waals surface area contributed by atoms with Crippen LogP contribution in [0, 0.1) is 5.92 Å². The topological polar surface area (TPSA) is 20.2 Å². The van der Waals surface area contributed by atoms with Crippen molar-refractivity contribution in [2.24, 2.45) is 0 Å². The fraction of sp³-hybridized carbons (Fsp3) is 0.857. The van der Waals surface area contributed by atoms with Gasteiger partial charge in [0.1, 0.15) is 6.42 Å². The van der Waals surface area contributed by atoms with Crippen molar-refractivity contribution in [3.05, 3.63) is 5.92 Å². The number of aliphatic hydroxyl groups excluding tert-OH is 1. The summed E-state index contributed by atoms with van der Waals surface area (Å²) in [5.41, 5.74) is 0. The zero-order chi connectivity index (χ0) is 6.41. The quantitative estimate of drug-likeness (QED) is 0.553. The molecule has 0 heterocycles. The molecule has 0 saturated heterocycles. The molecule has 0 saturated carbocycles. The van der Waals surface area contributed by atoms with Gasteiger partial charge in [0.25, 0.3) is 0 Å². The lowest BCUT2D eigenvalue weighted by atomic mass is 10.0. The van der Waals surface area contributed by atoms with Gasteiger partial charge in [-0.05, 0) is 13.8 Å². The lowest BCUT2D eigenvalue weighted by molar-refractivity contribution is 0.288. The van der Waals surface area contributed by atoms with E-state index in [2.05, 4.69) is 13.8 Å². The minimum absolute atomic E-state index is 0.316. The molecule has 1 N–H and O–H groups in total. The van der Waals surface area contributed by atoms with Gasteiger partial charge in [0.05, 0.1) is 25.4 Å². The van der Waals surface area contributed by atoms with Gasteiger partial charge in [-0.25, -0.2) is 0 Å². The second-order valence-corrected chi connectivity index (χ2v) is 1.93. The van der Waals surface area contributed by atoms with Crippen molar-refractivity contribution in [3.8, 4) is 0 Å². The number of aliphatic hydroxyl groups is 1. The van der Waals surface area contributed by atoms with Gasteiger partial charge >= 0.3 is 0 Å². The highest BCUT2D eigenvalue weighted by molar-refractivity contribution is 4.85. The zero-order valence-corrected chi connectivity index (χ0v) is 5.78. The van der Waals surface area contributed by atoms with Crippen molar-refractivity contribution < 1.29 is 5.11 Å². The predicted octanol–water partition coefficient (Wildman–Crippen LogP) is 1.76.